The highest BCUT2D eigenvalue weighted by molar-refractivity contribution is 7.89. The second kappa shape index (κ2) is 13.7. The number of hydrogen-bond donors (Lipinski definition) is 2. The van der Waals surface area contributed by atoms with Gasteiger partial charge >= 0.3 is 0 Å². The molecule has 3 aromatic carbocycles. The normalized spacial score (nSPS) is 13.0. The second-order valence-corrected chi connectivity index (χ2v) is 13.4. The Morgan fingerprint density at radius 1 is 0.979 bits per heavy atom. The molecule has 0 saturated carbocycles. The van der Waals surface area contributed by atoms with E-state index in [1.165, 1.54) is 30.3 Å². The predicted molar refractivity (Wildman–Crippen MR) is 174 cm³/mol. The van der Waals surface area contributed by atoms with Gasteiger partial charge in [0.05, 0.1) is 11.4 Å². The first-order chi connectivity index (χ1) is 22.4. The van der Waals surface area contributed by atoms with Gasteiger partial charge in [-0.25, -0.2) is 12.7 Å². The molecule has 0 bridgehead atoms. The van der Waals surface area contributed by atoms with Crippen molar-refractivity contribution in [2.45, 2.75) is 64.0 Å². The molecule has 0 saturated heterocycles. The SMILES string of the molecule is CCCc1cc(C(=O)N(Cc2nc(C)ccc2O)S(=O)(=O)c2ccc(C(C)C)cc2)ccc1OC(C(N)=O)c1ccc2c(c1)OCO2. The van der Waals surface area contributed by atoms with Gasteiger partial charge in [0.2, 0.25) is 12.9 Å². The van der Waals surface area contributed by atoms with E-state index in [4.69, 9.17) is 19.9 Å². The minimum Gasteiger partial charge on any atom is -0.506 e. The zero-order chi connectivity index (χ0) is 33.9. The van der Waals surface area contributed by atoms with Crippen molar-refractivity contribution in [1.29, 1.82) is 0 Å². The third kappa shape index (κ3) is 7.17. The Labute approximate surface area is 274 Å². The number of nitrogens with zero attached hydrogens (tertiary/aromatic N) is 2. The van der Waals surface area contributed by atoms with Crippen molar-refractivity contribution in [3.8, 4) is 23.0 Å². The van der Waals surface area contributed by atoms with Crippen LogP contribution in [0.4, 0.5) is 0 Å². The van der Waals surface area contributed by atoms with E-state index in [0.717, 1.165) is 5.56 Å². The molecule has 5 rings (SSSR count). The summed E-state index contributed by atoms with van der Waals surface area (Å²) in [6.45, 7) is 7.18. The highest BCUT2D eigenvalue weighted by atomic mass is 32.2. The molecule has 1 aliphatic heterocycles. The van der Waals surface area contributed by atoms with E-state index in [1.54, 1.807) is 49.4 Å². The van der Waals surface area contributed by atoms with Crippen molar-refractivity contribution in [2.24, 2.45) is 5.73 Å². The maximum atomic E-state index is 14.2. The van der Waals surface area contributed by atoms with Gasteiger partial charge in [-0.3, -0.25) is 14.6 Å². The van der Waals surface area contributed by atoms with Crippen LogP contribution >= 0.6 is 0 Å². The molecule has 1 unspecified atom stereocenters. The largest absolute Gasteiger partial charge is 0.506 e. The number of rotatable bonds is 12. The van der Waals surface area contributed by atoms with E-state index in [-0.39, 0.29) is 34.6 Å². The monoisotopic (exact) mass is 659 g/mol. The van der Waals surface area contributed by atoms with Crippen LogP contribution in [0.25, 0.3) is 0 Å². The number of pyridine rings is 1. The Hall–Kier alpha value is -5.10. The lowest BCUT2D eigenvalue weighted by Crippen LogP contribution is -2.37. The van der Waals surface area contributed by atoms with Crippen LogP contribution in [0.2, 0.25) is 0 Å². The molecule has 1 atom stereocenters. The number of amides is 2. The van der Waals surface area contributed by atoms with Crippen LogP contribution < -0.4 is 19.9 Å². The molecule has 0 fully saturated rings. The van der Waals surface area contributed by atoms with E-state index in [2.05, 4.69) is 4.98 Å². The predicted octanol–water partition coefficient (Wildman–Crippen LogP) is 5.54. The Balaban J connectivity index is 1.52. The first-order valence-electron chi connectivity index (χ1n) is 15.2. The van der Waals surface area contributed by atoms with Crippen molar-refractivity contribution in [1.82, 2.24) is 9.29 Å². The number of nitrogens with two attached hydrogens (primary N) is 1. The summed E-state index contributed by atoms with van der Waals surface area (Å²) >= 11 is 0. The molecule has 0 aliphatic carbocycles. The standard InChI is InChI=1S/C35H37N3O8S/c1-5-6-24-17-26(11-15-30(24)46-33(34(36)40)25-10-16-31-32(18-25)45-20-44-31)35(41)38(19-28-29(39)14-7-22(4)37-28)47(42,43)27-12-8-23(9-13-27)21(2)3/h7-18,21,33,39H,5-6,19-20H2,1-4H3,(H2,36,40). The smallest absolute Gasteiger partial charge is 0.267 e. The summed E-state index contributed by atoms with van der Waals surface area (Å²) in [7, 11) is -4.41. The van der Waals surface area contributed by atoms with Crippen LogP contribution in [0.1, 0.15) is 77.7 Å². The van der Waals surface area contributed by atoms with Crippen molar-refractivity contribution < 1.29 is 37.3 Å². The molecule has 1 aliphatic rings. The third-order valence-electron chi connectivity index (χ3n) is 7.77. The quantitative estimate of drug-likeness (QED) is 0.199. The fourth-order valence-electron chi connectivity index (χ4n) is 5.20. The highest BCUT2D eigenvalue weighted by Crippen LogP contribution is 2.36. The van der Waals surface area contributed by atoms with Crippen LogP contribution in [0, 0.1) is 6.92 Å². The Bertz CT molecular complexity index is 1910. The lowest BCUT2D eigenvalue weighted by Gasteiger charge is -2.24. The molecular weight excluding hydrogens is 622 g/mol. The zero-order valence-electron chi connectivity index (χ0n) is 26.6. The number of fused-ring (bicyclic) bond motifs is 1. The van der Waals surface area contributed by atoms with Crippen molar-refractivity contribution in [3.05, 3.63) is 106 Å². The molecule has 11 nitrogen and oxygen atoms in total. The first kappa shape index (κ1) is 33.3. The van der Waals surface area contributed by atoms with E-state index < -0.39 is 34.5 Å². The molecule has 246 valence electrons. The second-order valence-electron chi connectivity index (χ2n) is 11.5. The summed E-state index contributed by atoms with van der Waals surface area (Å²) in [6, 6.07) is 18.8. The third-order valence-corrected chi connectivity index (χ3v) is 9.52. The Morgan fingerprint density at radius 3 is 2.36 bits per heavy atom. The molecule has 47 heavy (non-hydrogen) atoms. The number of hydrogen-bond acceptors (Lipinski definition) is 9. The summed E-state index contributed by atoms with van der Waals surface area (Å²) in [5.74, 6) is -0.326. The maximum Gasteiger partial charge on any atom is 0.267 e. The molecular formula is C35H37N3O8S. The van der Waals surface area contributed by atoms with Crippen LogP contribution in [0.15, 0.2) is 77.7 Å². The lowest BCUT2D eigenvalue weighted by molar-refractivity contribution is -0.125. The van der Waals surface area contributed by atoms with Crippen LogP contribution in [-0.2, 0) is 27.8 Å². The molecule has 12 heteroatoms. The molecule has 0 radical (unpaired) electrons. The molecule has 2 amide bonds. The maximum absolute atomic E-state index is 14.2. The highest BCUT2D eigenvalue weighted by Gasteiger charge is 2.33. The number of aromatic hydroxyl groups is 1. The van der Waals surface area contributed by atoms with Gasteiger partial charge in [-0.2, -0.15) is 0 Å². The van der Waals surface area contributed by atoms with Gasteiger partial charge in [0.25, 0.3) is 21.8 Å². The molecule has 2 heterocycles. The van der Waals surface area contributed by atoms with Gasteiger partial charge in [-0.1, -0.05) is 45.4 Å². The summed E-state index contributed by atoms with van der Waals surface area (Å²) < 4.78 is 45.8. The number of benzene rings is 3. The van der Waals surface area contributed by atoms with Gasteiger partial charge < -0.3 is 25.1 Å². The summed E-state index contributed by atoms with van der Waals surface area (Å²) in [6.07, 6.45) is -0.0696. The van der Waals surface area contributed by atoms with E-state index in [0.29, 0.717) is 51.2 Å². The number of ether oxygens (including phenoxy) is 3. The van der Waals surface area contributed by atoms with Gasteiger partial charge in [0.1, 0.15) is 17.2 Å². The number of primary amides is 1. The van der Waals surface area contributed by atoms with Crippen molar-refractivity contribution in [3.63, 3.8) is 0 Å². The molecule has 3 N–H and O–H groups in total. The van der Waals surface area contributed by atoms with Gasteiger partial charge in [0.15, 0.2) is 11.5 Å². The summed E-state index contributed by atoms with van der Waals surface area (Å²) in [5.41, 5.74) is 8.34. The van der Waals surface area contributed by atoms with Gasteiger partial charge in [0, 0.05) is 16.8 Å². The van der Waals surface area contributed by atoms with Gasteiger partial charge in [-0.15, -0.1) is 0 Å². The molecule has 1 aromatic heterocycles. The minimum atomic E-state index is -4.41. The number of sulfonamides is 1. The number of carbonyl (C=O) groups excluding carboxylic acids is 2. The summed E-state index contributed by atoms with van der Waals surface area (Å²) in [4.78, 5) is 30.9. The van der Waals surface area contributed by atoms with Crippen molar-refractivity contribution >= 4 is 21.8 Å². The van der Waals surface area contributed by atoms with E-state index >= 15 is 0 Å². The molecule has 0 spiro atoms. The number of aromatic nitrogens is 1. The minimum absolute atomic E-state index is 0.0301. The Morgan fingerprint density at radius 2 is 1.68 bits per heavy atom. The zero-order valence-corrected chi connectivity index (χ0v) is 27.4. The van der Waals surface area contributed by atoms with Crippen LogP contribution in [0.5, 0.6) is 23.0 Å². The summed E-state index contributed by atoms with van der Waals surface area (Å²) in [5, 5.41) is 10.5. The average molecular weight is 660 g/mol. The van der Waals surface area contributed by atoms with Crippen LogP contribution in [-0.4, -0.2) is 41.4 Å². The van der Waals surface area contributed by atoms with Crippen molar-refractivity contribution in [2.75, 3.05) is 6.79 Å². The van der Waals surface area contributed by atoms with Gasteiger partial charge in [-0.05, 0) is 85.0 Å². The van der Waals surface area contributed by atoms with Crippen LogP contribution in [0.3, 0.4) is 0 Å². The lowest BCUT2D eigenvalue weighted by atomic mass is 10.0. The number of aryl methyl sites for hydroxylation is 2. The first-order valence-corrected chi connectivity index (χ1v) is 16.6. The molecule has 4 aromatic rings. The van der Waals surface area contributed by atoms with E-state index in [9.17, 15) is 23.1 Å². The number of carbonyl (C=O) groups is 2. The average Bonchev–Trinajstić information content (AvgIpc) is 3.52. The fourth-order valence-corrected chi connectivity index (χ4v) is 6.55. The van der Waals surface area contributed by atoms with E-state index in [1.807, 2.05) is 20.8 Å². The Kier molecular flexibility index (Phi) is 9.71. The fraction of sp³-hybridized carbons (Fsp3) is 0.286. The topological polar surface area (TPSA) is 158 Å².